The number of thiazole rings is 1. The highest BCUT2D eigenvalue weighted by atomic mass is 32.1. The van der Waals surface area contributed by atoms with Gasteiger partial charge in [0.2, 0.25) is 5.91 Å². The average Bonchev–Trinajstić information content (AvgIpc) is 3.37. The van der Waals surface area contributed by atoms with Gasteiger partial charge < -0.3 is 10.2 Å². The molecule has 6 nitrogen and oxygen atoms in total. The standard InChI is InChI=1S/C25H27N5OS/c1-16-11-12-17(2)21(14-16)26-24(31)19-8-7-13-29(15-19)25-27-23-22(32-25)18(3)28-30(23)20-9-5-4-6-10-20/h4-6,9-12,14,19H,7-8,13,15H2,1-3H3,(H,26,31)/t19-/m0/s1. The van der Waals surface area contributed by atoms with Gasteiger partial charge in [-0.15, -0.1) is 0 Å². The number of amides is 1. The van der Waals surface area contributed by atoms with Crippen LogP contribution in [0.3, 0.4) is 0 Å². The number of nitrogens with one attached hydrogen (secondary N) is 1. The fourth-order valence-electron chi connectivity index (χ4n) is 4.28. The summed E-state index contributed by atoms with van der Waals surface area (Å²) in [5.74, 6) is 0.0403. The molecule has 1 N–H and O–H groups in total. The summed E-state index contributed by atoms with van der Waals surface area (Å²) in [4.78, 5) is 20.3. The molecule has 32 heavy (non-hydrogen) atoms. The van der Waals surface area contributed by atoms with Gasteiger partial charge in [0, 0.05) is 18.8 Å². The summed E-state index contributed by atoms with van der Waals surface area (Å²) in [5, 5.41) is 8.82. The van der Waals surface area contributed by atoms with Crippen molar-refractivity contribution in [1.29, 1.82) is 0 Å². The van der Waals surface area contributed by atoms with E-state index in [1.807, 2.05) is 61.9 Å². The lowest BCUT2D eigenvalue weighted by Gasteiger charge is -2.31. The minimum Gasteiger partial charge on any atom is -0.347 e. The van der Waals surface area contributed by atoms with E-state index >= 15 is 0 Å². The van der Waals surface area contributed by atoms with Crippen LogP contribution in [0.4, 0.5) is 10.8 Å². The Kier molecular flexibility index (Phi) is 5.43. The van der Waals surface area contributed by atoms with Crippen molar-refractivity contribution in [3.63, 3.8) is 0 Å². The number of aromatic nitrogens is 3. The van der Waals surface area contributed by atoms with Crippen LogP contribution in [0, 0.1) is 26.7 Å². The molecule has 2 aromatic heterocycles. The number of hydrogen-bond donors (Lipinski definition) is 1. The number of aryl methyl sites for hydroxylation is 3. The van der Waals surface area contributed by atoms with E-state index in [0.29, 0.717) is 6.54 Å². The highest BCUT2D eigenvalue weighted by Gasteiger charge is 2.28. The molecule has 0 unspecified atom stereocenters. The minimum atomic E-state index is -0.0533. The van der Waals surface area contributed by atoms with Crippen LogP contribution in [-0.4, -0.2) is 33.8 Å². The molecule has 7 heteroatoms. The maximum atomic E-state index is 13.1. The molecule has 3 heterocycles. The first-order chi connectivity index (χ1) is 15.5. The molecule has 164 valence electrons. The fourth-order valence-corrected chi connectivity index (χ4v) is 5.30. The molecule has 2 aromatic carbocycles. The molecule has 1 fully saturated rings. The molecule has 1 atom stereocenters. The first-order valence-electron chi connectivity index (χ1n) is 11.0. The molecule has 0 spiro atoms. The Bertz CT molecular complexity index is 1280. The topological polar surface area (TPSA) is 63.1 Å². The van der Waals surface area contributed by atoms with Gasteiger partial charge in [-0.25, -0.2) is 4.68 Å². The Labute approximate surface area is 191 Å². The zero-order valence-electron chi connectivity index (χ0n) is 18.6. The third kappa shape index (κ3) is 3.88. The Balaban J connectivity index is 1.37. The van der Waals surface area contributed by atoms with E-state index in [1.165, 1.54) is 0 Å². The molecule has 1 aliphatic rings. The van der Waals surface area contributed by atoms with E-state index in [1.54, 1.807) is 11.3 Å². The molecule has 4 aromatic rings. The molecule has 0 saturated carbocycles. The number of carbonyl (C=O) groups excluding carboxylic acids is 1. The maximum Gasteiger partial charge on any atom is 0.229 e. The highest BCUT2D eigenvalue weighted by Crippen LogP contribution is 2.34. The van der Waals surface area contributed by atoms with E-state index in [0.717, 1.165) is 63.1 Å². The van der Waals surface area contributed by atoms with E-state index in [9.17, 15) is 4.79 Å². The Hall–Kier alpha value is -3.19. The normalized spacial score (nSPS) is 16.5. The fraction of sp³-hybridized carbons (Fsp3) is 0.320. The largest absolute Gasteiger partial charge is 0.347 e. The van der Waals surface area contributed by atoms with Crippen LogP contribution < -0.4 is 10.2 Å². The van der Waals surface area contributed by atoms with Crippen molar-refractivity contribution < 1.29 is 4.79 Å². The zero-order valence-corrected chi connectivity index (χ0v) is 19.4. The predicted octanol–water partition coefficient (Wildman–Crippen LogP) is 5.26. The number of para-hydroxylation sites is 1. The second-order valence-electron chi connectivity index (χ2n) is 8.57. The van der Waals surface area contributed by atoms with E-state index in [2.05, 4.69) is 22.3 Å². The van der Waals surface area contributed by atoms with Crippen LogP contribution in [0.5, 0.6) is 0 Å². The van der Waals surface area contributed by atoms with Gasteiger partial charge in [0.15, 0.2) is 10.8 Å². The average molecular weight is 446 g/mol. The number of carbonyl (C=O) groups is 1. The number of nitrogens with zero attached hydrogens (tertiary/aromatic N) is 4. The van der Waals surface area contributed by atoms with Gasteiger partial charge in [-0.3, -0.25) is 4.79 Å². The molecule has 1 aliphatic heterocycles. The molecule has 0 radical (unpaired) electrons. The molecule has 1 amide bonds. The van der Waals surface area contributed by atoms with E-state index in [-0.39, 0.29) is 11.8 Å². The summed E-state index contributed by atoms with van der Waals surface area (Å²) >= 11 is 1.67. The van der Waals surface area contributed by atoms with Crippen molar-refractivity contribution in [2.75, 3.05) is 23.3 Å². The van der Waals surface area contributed by atoms with Crippen LogP contribution in [0.15, 0.2) is 48.5 Å². The summed E-state index contributed by atoms with van der Waals surface area (Å²) in [5.41, 5.74) is 6.01. The zero-order chi connectivity index (χ0) is 22.2. The third-order valence-electron chi connectivity index (χ3n) is 6.09. The summed E-state index contributed by atoms with van der Waals surface area (Å²) < 4.78 is 3.02. The first-order valence-corrected chi connectivity index (χ1v) is 11.9. The van der Waals surface area contributed by atoms with Gasteiger partial charge in [0.25, 0.3) is 0 Å². The van der Waals surface area contributed by atoms with Crippen molar-refractivity contribution in [1.82, 2.24) is 14.8 Å². The van der Waals surface area contributed by atoms with Gasteiger partial charge in [-0.1, -0.05) is 41.7 Å². The number of benzene rings is 2. The van der Waals surface area contributed by atoms with Crippen molar-refractivity contribution in [2.45, 2.75) is 33.6 Å². The van der Waals surface area contributed by atoms with E-state index in [4.69, 9.17) is 10.1 Å². The number of hydrogen-bond acceptors (Lipinski definition) is 5. The highest BCUT2D eigenvalue weighted by molar-refractivity contribution is 7.22. The molecule has 0 aliphatic carbocycles. The van der Waals surface area contributed by atoms with Crippen LogP contribution in [0.25, 0.3) is 16.0 Å². The maximum absolute atomic E-state index is 13.1. The lowest BCUT2D eigenvalue weighted by atomic mass is 9.97. The van der Waals surface area contributed by atoms with Gasteiger partial charge in [-0.2, -0.15) is 10.1 Å². The lowest BCUT2D eigenvalue weighted by molar-refractivity contribution is -0.120. The van der Waals surface area contributed by atoms with Crippen LogP contribution >= 0.6 is 11.3 Å². The van der Waals surface area contributed by atoms with Crippen molar-refractivity contribution >= 4 is 38.4 Å². The molecule has 0 bridgehead atoms. The summed E-state index contributed by atoms with van der Waals surface area (Å²) in [6, 6.07) is 16.3. The molecule has 5 rings (SSSR count). The predicted molar refractivity (Wildman–Crippen MR) is 131 cm³/mol. The number of anilines is 2. The Morgan fingerprint density at radius 3 is 2.75 bits per heavy atom. The SMILES string of the molecule is Cc1ccc(C)c(NC(=O)[C@H]2CCCN(c3nc4c(s3)c(C)nn4-c3ccccc3)C2)c1. The Morgan fingerprint density at radius 1 is 1.12 bits per heavy atom. The number of rotatable bonds is 4. The lowest BCUT2D eigenvalue weighted by Crippen LogP contribution is -2.40. The third-order valence-corrected chi connectivity index (χ3v) is 7.31. The Morgan fingerprint density at radius 2 is 1.94 bits per heavy atom. The monoisotopic (exact) mass is 445 g/mol. The van der Waals surface area contributed by atoms with Crippen LogP contribution in [0.2, 0.25) is 0 Å². The quantitative estimate of drug-likeness (QED) is 0.465. The molecular formula is C25H27N5OS. The van der Waals surface area contributed by atoms with E-state index < -0.39 is 0 Å². The summed E-state index contributed by atoms with van der Waals surface area (Å²) in [7, 11) is 0. The van der Waals surface area contributed by atoms with Crippen molar-refractivity contribution in [2.24, 2.45) is 5.92 Å². The second kappa shape index (κ2) is 8.39. The number of piperidine rings is 1. The van der Waals surface area contributed by atoms with Gasteiger partial charge in [-0.05, 0) is 62.9 Å². The van der Waals surface area contributed by atoms with Gasteiger partial charge in [0.05, 0.1) is 22.0 Å². The smallest absolute Gasteiger partial charge is 0.229 e. The van der Waals surface area contributed by atoms with Gasteiger partial charge >= 0.3 is 0 Å². The molecule has 1 saturated heterocycles. The molecular weight excluding hydrogens is 418 g/mol. The van der Waals surface area contributed by atoms with Crippen LogP contribution in [-0.2, 0) is 4.79 Å². The van der Waals surface area contributed by atoms with Crippen molar-refractivity contribution in [3.05, 3.63) is 65.4 Å². The van der Waals surface area contributed by atoms with Crippen LogP contribution in [0.1, 0.15) is 29.7 Å². The summed E-state index contributed by atoms with van der Waals surface area (Å²) in [6.07, 6.45) is 1.87. The van der Waals surface area contributed by atoms with Crippen molar-refractivity contribution in [3.8, 4) is 5.69 Å². The van der Waals surface area contributed by atoms with Gasteiger partial charge in [0.1, 0.15) is 0 Å². The second-order valence-corrected chi connectivity index (χ2v) is 9.55. The summed E-state index contributed by atoms with van der Waals surface area (Å²) in [6.45, 7) is 7.71. The first kappa shape index (κ1) is 20.7. The number of fused-ring (bicyclic) bond motifs is 1. The minimum absolute atomic E-state index is 0.0533.